The Labute approximate surface area is 119 Å². The van der Waals surface area contributed by atoms with Crippen LogP contribution in [0.15, 0.2) is 18.3 Å². The van der Waals surface area contributed by atoms with Gasteiger partial charge in [0.25, 0.3) is 0 Å². The predicted octanol–water partition coefficient (Wildman–Crippen LogP) is 2.11. The van der Waals surface area contributed by atoms with Gasteiger partial charge in [0.05, 0.1) is 30.5 Å². The molecule has 0 spiro atoms. The van der Waals surface area contributed by atoms with Crippen LogP contribution in [0.25, 0.3) is 10.6 Å². The molecular formula is C13H14N2O4S. The molecule has 0 bridgehead atoms. The summed E-state index contributed by atoms with van der Waals surface area (Å²) in [4.78, 5) is 24.6. The number of hydrogen-bond donors (Lipinski definition) is 0. The van der Waals surface area contributed by atoms with Crippen LogP contribution >= 0.6 is 11.3 Å². The first-order valence-electron chi connectivity index (χ1n) is 5.96. The van der Waals surface area contributed by atoms with Crippen molar-refractivity contribution in [3.05, 3.63) is 28.8 Å². The maximum absolute atomic E-state index is 11.7. The van der Waals surface area contributed by atoms with Crippen LogP contribution < -0.4 is 0 Å². The van der Waals surface area contributed by atoms with Crippen molar-refractivity contribution in [2.75, 3.05) is 13.7 Å². The van der Waals surface area contributed by atoms with Gasteiger partial charge in [-0.3, -0.25) is 4.68 Å². The number of aryl methyl sites for hydroxylation is 1. The lowest BCUT2D eigenvalue weighted by molar-refractivity contribution is 0.0531. The second-order valence-corrected chi connectivity index (χ2v) is 4.99. The summed E-state index contributed by atoms with van der Waals surface area (Å²) in [7, 11) is 3.04. The van der Waals surface area contributed by atoms with Crippen molar-refractivity contribution in [2.45, 2.75) is 6.92 Å². The van der Waals surface area contributed by atoms with Crippen molar-refractivity contribution in [1.29, 1.82) is 0 Å². The van der Waals surface area contributed by atoms with Gasteiger partial charge in [0, 0.05) is 7.05 Å². The highest BCUT2D eigenvalue weighted by molar-refractivity contribution is 7.17. The summed E-state index contributed by atoms with van der Waals surface area (Å²) in [5.41, 5.74) is 0.990. The van der Waals surface area contributed by atoms with E-state index in [2.05, 4.69) is 5.10 Å². The summed E-state index contributed by atoms with van der Waals surface area (Å²) < 4.78 is 11.2. The molecule has 7 heteroatoms. The van der Waals surface area contributed by atoms with Gasteiger partial charge in [0.2, 0.25) is 0 Å². The second-order valence-electron chi connectivity index (χ2n) is 3.91. The lowest BCUT2D eigenvalue weighted by atomic mass is 10.2. The molecule has 0 fully saturated rings. The summed E-state index contributed by atoms with van der Waals surface area (Å²) in [5.74, 6) is -0.829. The number of carbonyl (C=O) groups excluding carboxylic acids is 2. The summed E-state index contributed by atoms with van der Waals surface area (Å²) >= 11 is 1.25. The Kier molecular flexibility index (Phi) is 4.19. The van der Waals surface area contributed by atoms with Gasteiger partial charge in [0.1, 0.15) is 10.4 Å². The van der Waals surface area contributed by atoms with Gasteiger partial charge in [-0.2, -0.15) is 5.10 Å². The molecule has 0 atom stereocenters. The third kappa shape index (κ3) is 2.57. The molecule has 0 amide bonds. The topological polar surface area (TPSA) is 70.4 Å². The molecule has 0 unspecified atom stereocenters. The van der Waals surface area contributed by atoms with E-state index in [0.717, 1.165) is 4.88 Å². The van der Waals surface area contributed by atoms with E-state index in [1.807, 2.05) is 0 Å². The molecular weight excluding hydrogens is 280 g/mol. The number of aromatic nitrogens is 2. The molecule has 0 aliphatic carbocycles. The fourth-order valence-corrected chi connectivity index (χ4v) is 2.76. The number of carbonyl (C=O) groups is 2. The number of esters is 2. The molecule has 0 aliphatic rings. The maximum atomic E-state index is 11.7. The zero-order chi connectivity index (χ0) is 14.7. The van der Waals surface area contributed by atoms with E-state index in [1.165, 1.54) is 24.6 Å². The number of ether oxygens (including phenoxy) is 2. The van der Waals surface area contributed by atoms with Crippen molar-refractivity contribution in [1.82, 2.24) is 9.78 Å². The molecule has 2 heterocycles. The van der Waals surface area contributed by atoms with Gasteiger partial charge < -0.3 is 9.47 Å². The summed E-state index contributed by atoms with van der Waals surface area (Å²) in [6.07, 6.45) is 1.45. The number of rotatable bonds is 4. The van der Waals surface area contributed by atoms with E-state index in [-0.39, 0.29) is 5.97 Å². The Balaban J connectivity index is 2.40. The molecule has 2 aromatic rings. The minimum absolute atomic E-state index is 0.325. The number of methoxy groups -OCH3 is 1. The number of hydrogen-bond acceptors (Lipinski definition) is 6. The van der Waals surface area contributed by atoms with Crippen molar-refractivity contribution in [2.24, 2.45) is 7.05 Å². The lowest BCUT2D eigenvalue weighted by Crippen LogP contribution is -2.03. The van der Waals surface area contributed by atoms with Crippen molar-refractivity contribution in [3.8, 4) is 10.6 Å². The van der Waals surface area contributed by atoms with Crippen LogP contribution in [-0.4, -0.2) is 35.4 Å². The molecule has 2 rings (SSSR count). The predicted molar refractivity (Wildman–Crippen MR) is 73.8 cm³/mol. The Bertz CT molecular complexity index is 645. The third-order valence-electron chi connectivity index (χ3n) is 2.66. The first-order chi connectivity index (χ1) is 9.58. The highest BCUT2D eigenvalue weighted by Crippen LogP contribution is 2.31. The monoisotopic (exact) mass is 294 g/mol. The Morgan fingerprint density at radius 2 is 2.10 bits per heavy atom. The average molecular weight is 294 g/mol. The first-order valence-corrected chi connectivity index (χ1v) is 6.77. The molecule has 6 nitrogen and oxygen atoms in total. The first kappa shape index (κ1) is 14.3. The largest absolute Gasteiger partial charge is 0.465 e. The Morgan fingerprint density at radius 3 is 2.75 bits per heavy atom. The zero-order valence-electron chi connectivity index (χ0n) is 11.4. The van der Waals surface area contributed by atoms with Crippen LogP contribution in [-0.2, 0) is 16.5 Å². The Hall–Kier alpha value is -2.15. The van der Waals surface area contributed by atoms with E-state index in [0.29, 0.717) is 22.7 Å². The smallest absolute Gasteiger partial charge is 0.348 e. The summed E-state index contributed by atoms with van der Waals surface area (Å²) in [6, 6.07) is 3.44. The molecule has 20 heavy (non-hydrogen) atoms. The molecule has 0 saturated carbocycles. The highest BCUT2D eigenvalue weighted by Gasteiger charge is 2.20. The fraction of sp³-hybridized carbons (Fsp3) is 0.308. The van der Waals surface area contributed by atoms with Gasteiger partial charge in [-0.15, -0.1) is 11.3 Å². The van der Waals surface area contributed by atoms with Crippen molar-refractivity contribution >= 4 is 23.3 Å². The van der Waals surface area contributed by atoms with Gasteiger partial charge in [-0.1, -0.05) is 0 Å². The normalized spacial score (nSPS) is 10.3. The van der Waals surface area contributed by atoms with Crippen molar-refractivity contribution < 1.29 is 19.1 Å². The minimum Gasteiger partial charge on any atom is -0.465 e. The van der Waals surface area contributed by atoms with Gasteiger partial charge >= 0.3 is 11.9 Å². The molecule has 0 saturated heterocycles. The quantitative estimate of drug-likeness (QED) is 0.808. The van der Waals surface area contributed by atoms with Crippen LogP contribution in [0.2, 0.25) is 0 Å². The molecule has 0 aromatic carbocycles. The molecule has 0 aliphatic heterocycles. The van der Waals surface area contributed by atoms with Crippen LogP contribution in [0, 0.1) is 0 Å². The van der Waals surface area contributed by atoms with Crippen LogP contribution in [0.5, 0.6) is 0 Å². The van der Waals surface area contributed by atoms with Gasteiger partial charge in [-0.05, 0) is 19.1 Å². The summed E-state index contributed by atoms with van der Waals surface area (Å²) in [5, 5.41) is 4.06. The van der Waals surface area contributed by atoms with E-state index < -0.39 is 5.97 Å². The summed E-state index contributed by atoms with van der Waals surface area (Å²) in [6.45, 7) is 2.08. The Morgan fingerprint density at radius 1 is 1.35 bits per heavy atom. The van der Waals surface area contributed by atoms with E-state index in [4.69, 9.17) is 9.47 Å². The van der Waals surface area contributed by atoms with Crippen LogP contribution in [0.4, 0.5) is 0 Å². The van der Waals surface area contributed by atoms with Crippen LogP contribution in [0.1, 0.15) is 27.0 Å². The highest BCUT2D eigenvalue weighted by atomic mass is 32.1. The lowest BCUT2D eigenvalue weighted by Gasteiger charge is -2.02. The second kappa shape index (κ2) is 5.87. The van der Waals surface area contributed by atoms with Crippen LogP contribution in [0.3, 0.4) is 0 Å². The van der Waals surface area contributed by atoms with E-state index >= 15 is 0 Å². The SMILES string of the molecule is CCOC(=O)c1ccc(-c2c(C(=O)OC)cnn2C)s1. The van der Waals surface area contributed by atoms with Gasteiger partial charge in [-0.25, -0.2) is 9.59 Å². The van der Waals surface area contributed by atoms with Gasteiger partial charge in [0.15, 0.2) is 0 Å². The van der Waals surface area contributed by atoms with Crippen molar-refractivity contribution in [3.63, 3.8) is 0 Å². The number of nitrogens with zero attached hydrogens (tertiary/aromatic N) is 2. The minimum atomic E-state index is -0.459. The fourth-order valence-electron chi connectivity index (χ4n) is 1.77. The molecule has 106 valence electrons. The molecule has 0 N–H and O–H groups in total. The molecule has 2 aromatic heterocycles. The number of thiophene rings is 1. The standard InChI is InChI=1S/C13H14N2O4S/c1-4-19-13(17)10-6-5-9(20-10)11-8(12(16)18-3)7-14-15(11)2/h5-7H,4H2,1-3H3. The zero-order valence-corrected chi connectivity index (χ0v) is 12.2. The third-order valence-corrected chi connectivity index (χ3v) is 3.73. The van der Waals surface area contributed by atoms with E-state index in [1.54, 1.807) is 30.8 Å². The maximum Gasteiger partial charge on any atom is 0.348 e. The van der Waals surface area contributed by atoms with E-state index in [9.17, 15) is 9.59 Å². The average Bonchev–Trinajstić information content (AvgIpc) is 3.04. The molecule has 0 radical (unpaired) electrons.